The highest BCUT2D eigenvalue weighted by atomic mass is 32.1. The third-order valence-corrected chi connectivity index (χ3v) is 5.00. The van der Waals surface area contributed by atoms with Crippen LogP contribution in [0.5, 0.6) is 0 Å². The zero-order chi connectivity index (χ0) is 17.5. The van der Waals surface area contributed by atoms with E-state index in [0.717, 1.165) is 17.8 Å². The first-order valence-corrected chi connectivity index (χ1v) is 9.45. The molecule has 0 spiro atoms. The highest BCUT2D eigenvalue weighted by Gasteiger charge is 2.17. The van der Waals surface area contributed by atoms with E-state index in [9.17, 15) is 4.79 Å². The van der Waals surface area contributed by atoms with Crippen LogP contribution in [-0.2, 0) is 12.8 Å². The van der Waals surface area contributed by atoms with Gasteiger partial charge in [0.25, 0.3) is 5.91 Å². The Kier molecular flexibility index (Phi) is 5.96. The van der Waals surface area contributed by atoms with E-state index in [1.165, 1.54) is 11.1 Å². The zero-order valence-electron chi connectivity index (χ0n) is 14.4. The Morgan fingerprint density at radius 1 is 1.00 bits per heavy atom. The Morgan fingerprint density at radius 3 is 2.28 bits per heavy atom. The Balaban J connectivity index is 1.62. The molecule has 3 nitrogen and oxygen atoms in total. The average Bonchev–Trinajstić information content (AvgIpc) is 3.12. The molecule has 0 aliphatic heterocycles. The van der Waals surface area contributed by atoms with E-state index in [2.05, 4.69) is 29.2 Å². The lowest BCUT2D eigenvalue weighted by atomic mass is 10.1. The first kappa shape index (κ1) is 17.4. The summed E-state index contributed by atoms with van der Waals surface area (Å²) in [6, 6.07) is 20.5. The summed E-state index contributed by atoms with van der Waals surface area (Å²) in [6.07, 6.45) is 1.64. The molecule has 0 aliphatic rings. The second kappa shape index (κ2) is 8.58. The SMILES string of the molecule is CCN(CCc1ccccc1)C(=O)c1csc(Cc2ccccc2)n1. The number of amides is 1. The van der Waals surface area contributed by atoms with Crippen LogP contribution >= 0.6 is 11.3 Å². The van der Waals surface area contributed by atoms with Crippen molar-refractivity contribution in [1.82, 2.24) is 9.88 Å². The van der Waals surface area contributed by atoms with Crippen LogP contribution in [0.25, 0.3) is 0 Å². The predicted octanol–water partition coefficient (Wildman–Crippen LogP) is 4.44. The van der Waals surface area contributed by atoms with E-state index in [1.807, 2.05) is 53.6 Å². The number of hydrogen-bond acceptors (Lipinski definition) is 3. The van der Waals surface area contributed by atoms with Gasteiger partial charge in [-0.2, -0.15) is 0 Å². The van der Waals surface area contributed by atoms with Crippen LogP contribution in [0.15, 0.2) is 66.0 Å². The Bertz CT molecular complexity index is 799. The normalized spacial score (nSPS) is 10.6. The van der Waals surface area contributed by atoms with E-state index < -0.39 is 0 Å². The van der Waals surface area contributed by atoms with Gasteiger partial charge in [0.2, 0.25) is 0 Å². The van der Waals surface area contributed by atoms with E-state index in [0.29, 0.717) is 18.8 Å². The van der Waals surface area contributed by atoms with Crippen LogP contribution in [0.1, 0.15) is 33.5 Å². The van der Waals surface area contributed by atoms with Gasteiger partial charge in [-0.1, -0.05) is 60.7 Å². The second-order valence-corrected chi connectivity index (χ2v) is 6.85. The predicted molar refractivity (Wildman–Crippen MR) is 103 cm³/mol. The molecule has 0 radical (unpaired) electrons. The van der Waals surface area contributed by atoms with Gasteiger partial charge in [0.1, 0.15) is 5.69 Å². The maximum Gasteiger partial charge on any atom is 0.273 e. The molecule has 0 unspecified atom stereocenters. The number of carbonyl (C=O) groups is 1. The van der Waals surface area contributed by atoms with Crippen molar-refractivity contribution >= 4 is 17.2 Å². The highest BCUT2D eigenvalue weighted by Crippen LogP contribution is 2.16. The largest absolute Gasteiger partial charge is 0.337 e. The van der Waals surface area contributed by atoms with Gasteiger partial charge >= 0.3 is 0 Å². The molecule has 1 aromatic heterocycles. The van der Waals surface area contributed by atoms with Gasteiger partial charge < -0.3 is 4.90 Å². The average molecular weight is 350 g/mol. The molecule has 1 amide bonds. The summed E-state index contributed by atoms with van der Waals surface area (Å²) in [5.74, 6) is 0.0222. The maximum atomic E-state index is 12.7. The van der Waals surface area contributed by atoms with Gasteiger partial charge in [-0.25, -0.2) is 4.98 Å². The lowest BCUT2D eigenvalue weighted by Gasteiger charge is -2.19. The van der Waals surface area contributed by atoms with Crippen LogP contribution in [0.4, 0.5) is 0 Å². The molecule has 2 aromatic carbocycles. The third-order valence-electron chi connectivity index (χ3n) is 4.15. The summed E-state index contributed by atoms with van der Waals surface area (Å²) in [5, 5.41) is 2.86. The third kappa shape index (κ3) is 4.77. The molecule has 0 fully saturated rings. The van der Waals surface area contributed by atoms with Crippen molar-refractivity contribution in [2.45, 2.75) is 19.8 Å². The number of carbonyl (C=O) groups excluding carboxylic acids is 1. The molecule has 0 bridgehead atoms. The van der Waals surface area contributed by atoms with Crippen molar-refractivity contribution in [3.63, 3.8) is 0 Å². The smallest absolute Gasteiger partial charge is 0.273 e. The fraction of sp³-hybridized carbons (Fsp3) is 0.238. The van der Waals surface area contributed by atoms with Crippen LogP contribution in [0.3, 0.4) is 0 Å². The Morgan fingerprint density at radius 2 is 1.64 bits per heavy atom. The number of thiazole rings is 1. The van der Waals surface area contributed by atoms with E-state index in [-0.39, 0.29) is 5.91 Å². The molecule has 128 valence electrons. The number of benzene rings is 2. The summed E-state index contributed by atoms with van der Waals surface area (Å²) in [6.45, 7) is 3.42. The lowest BCUT2D eigenvalue weighted by molar-refractivity contribution is 0.0761. The second-order valence-electron chi connectivity index (χ2n) is 5.91. The minimum atomic E-state index is 0.0222. The summed E-state index contributed by atoms with van der Waals surface area (Å²) in [4.78, 5) is 19.2. The molecule has 3 rings (SSSR count). The summed E-state index contributed by atoms with van der Waals surface area (Å²) >= 11 is 1.56. The van der Waals surface area contributed by atoms with E-state index in [4.69, 9.17) is 0 Å². The number of hydrogen-bond donors (Lipinski definition) is 0. The Labute approximate surface area is 153 Å². The fourth-order valence-electron chi connectivity index (χ4n) is 2.73. The van der Waals surface area contributed by atoms with Crippen molar-refractivity contribution in [1.29, 1.82) is 0 Å². The first-order chi connectivity index (χ1) is 12.3. The number of rotatable bonds is 7. The molecular weight excluding hydrogens is 328 g/mol. The topological polar surface area (TPSA) is 33.2 Å². The molecule has 0 saturated carbocycles. The van der Waals surface area contributed by atoms with E-state index in [1.54, 1.807) is 11.3 Å². The maximum absolute atomic E-state index is 12.7. The molecule has 0 N–H and O–H groups in total. The molecule has 0 saturated heterocycles. The van der Waals surface area contributed by atoms with Crippen LogP contribution in [-0.4, -0.2) is 28.9 Å². The molecule has 1 heterocycles. The quantitative estimate of drug-likeness (QED) is 0.631. The first-order valence-electron chi connectivity index (χ1n) is 8.58. The molecule has 3 aromatic rings. The van der Waals surface area contributed by atoms with Crippen molar-refractivity contribution < 1.29 is 4.79 Å². The monoisotopic (exact) mass is 350 g/mol. The summed E-state index contributed by atoms with van der Waals surface area (Å²) in [7, 11) is 0. The van der Waals surface area contributed by atoms with Gasteiger partial charge in [0, 0.05) is 24.9 Å². The van der Waals surface area contributed by atoms with Gasteiger partial charge in [-0.3, -0.25) is 4.79 Å². The molecule has 0 atom stereocenters. The van der Waals surface area contributed by atoms with Gasteiger partial charge in [0.05, 0.1) is 5.01 Å². The van der Waals surface area contributed by atoms with Gasteiger partial charge in [-0.15, -0.1) is 11.3 Å². The van der Waals surface area contributed by atoms with Gasteiger partial charge in [-0.05, 0) is 24.5 Å². The fourth-order valence-corrected chi connectivity index (χ4v) is 3.54. The number of likely N-dealkylation sites (N-methyl/N-ethyl adjacent to an activating group) is 1. The van der Waals surface area contributed by atoms with Gasteiger partial charge in [0.15, 0.2) is 0 Å². The number of aromatic nitrogens is 1. The van der Waals surface area contributed by atoms with Crippen LogP contribution in [0, 0.1) is 0 Å². The molecule has 0 aliphatic carbocycles. The van der Waals surface area contributed by atoms with Crippen molar-refractivity contribution in [2.75, 3.05) is 13.1 Å². The lowest BCUT2D eigenvalue weighted by Crippen LogP contribution is -2.33. The van der Waals surface area contributed by atoms with Crippen LogP contribution < -0.4 is 0 Å². The van der Waals surface area contributed by atoms with E-state index >= 15 is 0 Å². The molecule has 4 heteroatoms. The Hall–Kier alpha value is -2.46. The standard InChI is InChI=1S/C21H22N2OS/c1-2-23(14-13-17-9-5-3-6-10-17)21(24)19-16-25-20(22-19)15-18-11-7-4-8-12-18/h3-12,16H,2,13-15H2,1H3. The number of nitrogens with zero attached hydrogens (tertiary/aromatic N) is 2. The van der Waals surface area contributed by atoms with Crippen molar-refractivity contribution in [3.8, 4) is 0 Å². The zero-order valence-corrected chi connectivity index (χ0v) is 15.2. The highest BCUT2D eigenvalue weighted by molar-refractivity contribution is 7.09. The van der Waals surface area contributed by atoms with Crippen molar-refractivity contribution in [3.05, 3.63) is 87.9 Å². The minimum absolute atomic E-state index is 0.0222. The molecule has 25 heavy (non-hydrogen) atoms. The minimum Gasteiger partial charge on any atom is -0.337 e. The summed E-state index contributed by atoms with van der Waals surface area (Å²) in [5.41, 5.74) is 3.02. The van der Waals surface area contributed by atoms with Crippen molar-refractivity contribution in [2.24, 2.45) is 0 Å². The summed E-state index contributed by atoms with van der Waals surface area (Å²) < 4.78 is 0. The van der Waals surface area contributed by atoms with Crippen LogP contribution in [0.2, 0.25) is 0 Å². The molecular formula is C21H22N2OS.